The van der Waals surface area contributed by atoms with Crippen LogP contribution in [0.15, 0.2) is 0 Å². The highest BCUT2D eigenvalue weighted by atomic mass is 28.2. The van der Waals surface area contributed by atoms with Crippen LogP contribution in [-0.4, -0.2) is 14.3 Å². The van der Waals surface area contributed by atoms with Gasteiger partial charge in [0.15, 0.2) is 0 Å². The molecule has 0 fully saturated rings. The molecule has 0 aromatic carbocycles. The van der Waals surface area contributed by atoms with Gasteiger partial charge in [-0.05, 0) is 29.0 Å². The van der Waals surface area contributed by atoms with Crippen molar-refractivity contribution in [2.24, 2.45) is 0 Å². The first-order valence-electron chi connectivity index (χ1n) is 2.40. The summed E-state index contributed by atoms with van der Waals surface area (Å²) < 4.78 is 0. The minimum Gasteiger partial charge on any atom is -0.0987 e. The molecular formula is C5H12Si. The predicted octanol–water partition coefficient (Wildman–Crippen LogP) is 1.07. The Balaban J connectivity index is 3.14. The molecule has 0 heterocycles. The van der Waals surface area contributed by atoms with Crippen molar-refractivity contribution in [2.45, 2.75) is 26.8 Å². The molecule has 0 aliphatic rings. The highest BCUT2D eigenvalue weighted by Gasteiger charge is 1.68. The van der Waals surface area contributed by atoms with Gasteiger partial charge in [-0.1, -0.05) is 12.1 Å². The maximum absolute atomic E-state index is 2.24. The van der Waals surface area contributed by atoms with Gasteiger partial charge in [0.1, 0.15) is 0 Å². The molecule has 0 atom stereocenters. The highest BCUT2D eigenvalue weighted by molar-refractivity contribution is 6.52. The molecule has 0 aromatic heterocycles. The van der Waals surface area contributed by atoms with Crippen LogP contribution in [0, 0.1) is 0 Å². The normalized spacial score (nSPS) is 7.83. The van der Waals surface area contributed by atoms with E-state index in [1.807, 2.05) is 0 Å². The summed E-state index contributed by atoms with van der Waals surface area (Å²) >= 11 is 0. The number of hydrogen-bond donors (Lipinski definition) is 0. The molecule has 0 aliphatic carbocycles. The summed E-state index contributed by atoms with van der Waals surface area (Å²) in [5.74, 6) is 0. The Hall–Kier alpha value is 0.0869. The van der Waals surface area contributed by atoms with Gasteiger partial charge >= 0.3 is 0 Å². The number of rotatable bonds is 1. The largest absolute Gasteiger partial charge is 0.0987 e. The summed E-state index contributed by atoms with van der Waals surface area (Å²) in [7, 11) is 0.681. The van der Waals surface area contributed by atoms with Crippen LogP contribution < -0.4 is 0 Å². The Bertz CT molecular complexity index is 51.0. The van der Waals surface area contributed by atoms with E-state index in [0.29, 0.717) is 9.13 Å². The van der Waals surface area contributed by atoms with E-state index in [1.54, 1.807) is 5.17 Å². The van der Waals surface area contributed by atoms with E-state index in [2.05, 4.69) is 20.8 Å². The maximum Gasteiger partial charge on any atom is -0.00883 e. The molecule has 0 N–H and O–H groups in total. The van der Waals surface area contributed by atoms with Crippen molar-refractivity contribution in [3.05, 3.63) is 0 Å². The minimum atomic E-state index is 0.681. The summed E-state index contributed by atoms with van der Waals surface area (Å²) in [5, 5.41) is 1.62. The van der Waals surface area contributed by atoms with E-state index in [0.717, 1.165) is 0 Å². The van der Waals surface area contributed by atoms with Gasteiger partial charge in [-0.3, -0.25) is 0 Å². The van der Waals surface area contributed by atoms with E-state index in [9.17, 15) is 0 Å². The van der Waals surface area contributed by atoms with Gasteiger partial charge in [-0.25, -0.2) is 0 Å². The molecule has 0 rings (SSSR count). The van der Waals surface area contributed by atoms with Crippen LogP contribution in [0.3, 0.4) is 0 Å². The second-order valence-corrected chi connectivity index (χ2v) is 4.07. The molecule has 0 spiro atoms. The molecule has 0 bridgehead atoms. The first kappa shape index (κ1) is 6.09. The third-order valence-electron chi connectivity index (χ3n) is 0.612. The Morgan fingerprint density at radius 1 is 1.50 bits per heavy atom. The van der Waals surface area contributed by atoms with Crippen LogP contribution in [-0.2, 0) is 0 Å². The van der Waals surface area contributed by atoms with Gasteiger partial charge in [0.25, 0.3) is 0 Å². The average Bonchev–Trinajstić information content (AvgIpc) is 1.35. The van der Waals surface area contributed by atoms with Crippen molar-refractivity contribution in [3.63, 3.8) is 0 Å². The first-order valence-corrected chi connectivity index (χ1v) is 3.80. The lowest BCUT2D eigenvalue weighted by Crippen LogP contribution is -1.86. The lowest BCUT2D eigenvalue weighted by atomic mass is 10.6. The molecule has 0 aliphatic heterocycles. The quantitative estimate of drug-likeness (QED) is 0.432. The Kier molecular flexibility index (Phi) is 3.33. The van der Waals surface area contributed by atoms with Crippen LogP contribution in [0.5, 0.6) is 0 Å². The molecule has 0 amide bonds. The fourth-order valence-electron chi connectivity index (χ4n) is 0.408. The first-order chi connectivity index (χ1) is 2.77. The predicted molar refractivity (Wildman–Crippen MR) is 34.0 cm³/mol. The van der Waals surface area contributed by atoms with E-state index in [-0.39, 0.29) is 0 Å². The summed E-state index contributed by atoms with van der Waals surface area (Å²) in [6, 6.07) is 1.38. The Labute approximate surface area is 42.0 Å². The van der Waals surface area contributed by atoms with Gasteiger partial charge in [0.2, 0.25) is 0 Å². The van der Waals surface area contributed by atoms with Gasteiger partial charge in [0, 0.05) is 0 Å². The third-order valence-corrected chi connectivity index (χ3v) is 1.84. The number of hydrogen-bond acceptors (Lipinski definition) is 0. The molecule has 0 saturated heterocycles. The molecule has 6 heavy (non-hydrogen) atoms. The van der Waals surface area contributed by atoms with Crippen molar-refractivity contribution in [1.82, 2.24) is 0 Å². The monoisotopic (exact) mass is 100 g/mol. The van der Waals surface area contributed by atoms with Crippen LogP contribution in [0.1, 0.15) is 20.8 Å². The van der Waals surface area contributed by atoms with Crippen molar-refractivity contribution in [1.29, 1.82) is 0 Å². The summed E-state index contributed by atoms with van der Waals surface area (Å²) in [4.78, 5) is 0. The van der Waals surface area contributed by atoms with Gasteiger partial charge in [0.05, 0.1) is 0 Å². The molecule has 0 saturated carbocycles. The zero-order valence-corrected chi connectivity index (χ0v) is 5.94. The summed E-state index contributed by atoms with van der Waals surface area (Å²) in [5.41, 5.74) is 0. The second-order valence-electron chi connectivity index (χ2n) is 1.69. The molecule has 0 radical (unpaired) electrons. The fraction of sp³-hybridized carbons (Fsp3) is 0.800. The standard InChI is InChI=1S/C5H12Si/c1-4-6-5(2)3/h6H,4H2,1-3H3. The van der Waals surface area contributed by atoms with Crippen LogP contribution >= 0.6 is 0 Å². The zero-order chi connectivity index (χ0) is 4.99. The lowest BCUT2D eigenvalue weighted by Gasteiger charge is -1.79. The van der Waals surface area contributed by atoms with Gasteiger partial charge < -0.3 is 0 Å². The Morgan fingerprint density at radius 3 is 2.00 bits per heavy atom. The van der Waals surface area contributed by atoms with Crippen molar-refractivity contribution >= 4 is 14.3 Å². The molecule has 0 aromatic rings. The summed E-state index contributed by atoms with van der Waals surface area (Å²) in [6.45, 7) is 6.65. The van der Waals surface area contributed by atoms with Gasteiger partial charge in [-0.15, -0.1) is 0 Å². The summed E-state index contributed by atoms with van der Waals surface area (Å²) in [6.07, 6.45) is 0. The minimum absolute atomic E-state index is 0.681. The topological polar surface area (TPSA) is 0 Å². The SMILES string of the molecule is CC[SiH]=C(C)C. The fourth-order valence-corrected chi connectivity index (χ4v) is 1.22. The molecular weight excluding hydrogens is 88.1 g/mol. The van der Waals surface area contributed by atoms with Crippen molar-refractivity contribution in [3.8, 4) is 0 Å². The van der Waals surface area contributed by atoms with Crippen molar-refractivity contribution < 1.29 is 0 Å². The van der Waals surface area contributed by atoms with E-state index in [4.69, 9.17) is 0 Å². The van der Waals surface area contributed by atoms with Crippen LogP contribution in [0.25, 0.3) is 0 Å². The van der Waals surface area contributed by atoms with Crippen molar-refractivity contribution in [2.75, 3.05) is 0 Å². The molecule has 0 nitrogen and oxygen atoms in total. The lowest BCUT2D eigenvalue weighted by molar-refractivity contribution is 1.47. The second kappa shape index (κ2) is 3.28. The molecule has 36 valence electrons. The zero-order valence-electron chi connectivity index (χ0n) is 4.78. The van der Waals surface area contributed by atoms with E-state index in [1.165, 1.54) is 6.04 Å². The highest BCUT2D eigenvalue weighted by Crippen LogP contribution is 1.67. The van der Waals surface area contributed by atoms with Crippen LogP contribution in [0.4, 0.5) is 0 Å². The van der Waals surface area contributed by atoms with Crippen LogP contribution in [0.2, 0.25) is 6.04 Å². The molecule has 0 unspecified atom stereocenters. The van der Waals surface area contributed by atoms with E-state index >= 15 is 0 Å². The Morgan fingerprint density at radius 2 is 2.00 bits per heavy atom. The van der Waals surface area contributed by atoms with Gasteiger partial charge in [-0.2, -0.15) is 0 Å². The average molecular weight is 100 g/mol. The third kappa shape index (κ3) is 4.09. The van der Waals surface area contributed by atoms with E-state index < -0.39 is 0 Å². The maximum atomic E-state index is 2.24. The molecule has 1 heteroatoms. The smallest absolute Gasteiger partial charge is 0.00883 e.